The van der Waals surface area contributed by atoms with E-state index in [9.17, 15) is 4.79 Å². The van der Waals surface area contributed by atoms with Crippen molar-refractivity contribution in [2.24, 2.45) is 0 Å². The van der Waals surface area contributed by atoms with Gasteiger partial charge in [-0.15, -0.1) is 0 Å². The van der Waals surface area contributed by atoms with Gasteiger partial charge in [0.05, 0.1) is 6.10 Å². The van der Waals surface area contributed by atoms with Crippen LogP contribution in [0.3, 0.4) is 0 Å². The molecule has 15 heavy (non-hydrogen) atoms. The summed E-state index contributed by atoms with van der Waals surface area (Å²) < 4.78 is 10.7. The van der Waals surface area contributed by atoms with E-state index in [1.807, 2.05) is 13.0 Å². The van der Waals surface area contributed by atoms with Crippen LogP contribution >= 0.6 is 0 Å². The number of hydrogen-bond donors (Lipinski definition) is 0. The van der Waals surface area contributed by atoms with Gasteiger partial charge >= 0.3 is 0 Å². The lowest BCUT2D eigenvalue weighted by molar-refractivity contribution is 0.0839. The minimum atomic E-state index is 0.0820. The first-order valence-corrected chi connectivity index (χ1v) is 5.47. The van der Waals surface area contributed by atoms with E-state index in [1.165, 1.54) is 0 Å². The van der Waals surface area contributed by atoms with Gasteiger partial charge in [-0.3, -0.25) is 4.79 Å². The predicted molar refractivity (Wildman–Crippen MR) is 56.0 cm³/mol. The summed E-state index contributed by atoms with van der Waals surface area (Å²) in [6.45, 7) is 2.69. The van der Waals surface area contributed by atoms with E-state index >= 15 is 0 Å². The van der Waals surface area contributed by atoms with Crippen molar-refractivity contribution in [2.75, 3.05) is 6.61 Å². The molecular weight excluding hydrogens is 192 g/mol. The van der Waals surface area contributed by atoms with Crippen LogP contribution in [0.15, 0.2) is 16.5 Å². The van der Waals surface area contributed by atoms with E-state index in [0.29, 0.717) is 12.2 Å². The maximum Gasteiger partial charge on any atom is 0.198 e. The number of carbonyl (C=O) groups excluding carboxylic acids is 1. The first kappa shape index (κ1) is 10.4. The van der Waals surface area contributed by atoms with Crippen LogP contribution < -0.4 is 0 Å². The molecular formula is C12H16O3. The van der Waals surface area contributed by atoms with Crippen LogP contribution in [-0.4, -0.2) is 18.5 Å². The van der Waals surface area contributed by atoms with Crippen LogP contribution in [0.5, 0.6) is 0 Å². The summed E-state index contributed by atoms with van der Waals surface area (Å²) in [5, 5.41) is 0. The van der Waals surface area contributed by atoms with Crippen LogP contribution in [0, 0.1) is 6.92 Å². The lowest BCUT2D eigenvalue weighted by Crippen LogP contribution is -2.08. The molecule has 2 heterocycles. The Balaban J connectivity index is 1.81. The molecule has 82 valence electrons. The summed E-state index contributed by atoms with van der Waals surface area (Å²) in [5.74, 6) is 1.35. The van der Waals surface area contributed by atoms with E-state index in [-0.39, 0.29) is 11.9 Å². The monoisotopic (exact) mass is 208 g/mol. The van der Waals surface area contributed by atoms with E-state index in [0.717, 1.165) is 31.6 Å². The molecule has 0 radical (unpaired) electrons. The van der Waals surface area contributed by atoms with Crippen LogP contribution in [-0.2, 0) is 4.74 Å². The van der Waals surface area contributed by atoms with Gasteiger partial charge in [-0.05, 0) is 38.3 Å². The highest BCUT2D eigenvalue weighted by Crippen LogP contribution is 2.18. The van der Waals surface area contributed by atoms with Crippen molar-refractivity contribution < 1.29 is 13.9 Å². The fourth-order valence-corrected chi connectivity index (χ4v) is 1.87. The third-order valence-electron chi connectivity index (χ3n) is 2.73. The lowest BCUT2D eigenvalue weighted by atomic mass is 10.1. The second kappa shape index (κ2) is 4.62. The van der Waals surface area contributed by atoms with Crippen molar-refractivity contribution in [2.45, 2.75) is 38.7 Å². The summed E-state index contributed by atoms with van der Waals surface area (Å²) in [5.41, 5.74) is 0. The Kier molecular flexibility index (Phi) is 3.21. The zero-order valence-corrected chi connectivity index (χ0v) is 8.99. The Morgan fingerprint density at radius 1 is 1.53 bits per heavy atom. The van der Waals surface area contributed by atoms with Gasteiger partial charge in [0.2, 0.25) is 0 Å². The molecule has 1 saturated heterocycles. The van der Waals surface area contributed by atoms with Gasteiger partial charge in [-0.25, -0.2) is 0 Å². The van der Waals surface area contributed by atoms with Crippen molar-refractivity contribution in [3.8, 4) is 0 Å². The third kappa shape index (κ3) is 2.69. The van der Waals surface area contributed by atoms with E-state index < -0.39 is 0 Å². The Morgan fingerprint density at radius 2 is 2.40 bits per heavy atom. The molecule has 3 heteroatoms. The second-order valence-corrected chi connectivity index (χ2v) is 4.01. The standard InChI is InChI=1S/C12H16O3/c1-9-4-7-12(15-9)11(13)6-5-10-3-2-8-14-10/h4,7,10H,2-3,5-6,8H2,1H3. The van der Waals surface area contributed by atoms with Crippen molar-refractivity contribution in [1.82, 2.24) is 0 Å². The molecule has 2 rings (SSSR count). The molecule has 1 atom stereocenters. The highest BCUT2D eigenvalue weighted by Gasteiger charge is 2.18. The molecule has 0 aromatic carbocycles. The number of Topliss-reactive ketones (excluding diaryl/α,β-unsaturated/α-hetero) is 1. The van der Waals surface area contributed by atoms with Crippen LogP contribution in [0.4, 0.5) is 0 Å². The zero-order valence-electron chi connectivity index (χ0n) is 8.99. The van der Waals surface area contributed by atoms with Crippen molar-refractivity contribution in [3.63, 3.8) is 0 Å². The summed E-state index contributed by atoms with van der Waals surface area (Å²) >= 11 is 0. The molecule has 0 aliphatic carbocycles. The Morgan fingerprint density at radius 3 is 3.00 bits per heavy atom. The molecule has 0 spiro atoms. The Hall–Kier alpha value is -1.09. The number of hydrogen-bond acceptors (Lipinski definition) is 3. The SMILES string of the molecule is Cc1ccc(C(=O)CCC2CCCO2)o1. The topological polar surface area (TPSA) is 39.4 Å². The van der Waals surface area contributed by atoms with Gasteiger partial charge in [-0.2, -0.15) is 0 Å². The smallest absolute Gasteiger partial charge is 0.198 e. The normalized spacial score (nSPS) is 20.7. The quantitative estimate of drug-likeness (QED) is 0.714. The van der Waals surface area contributed by atoms with Gasteiger partial charge in [0.1, 0.15) is 5.76 Å². The van der Waals surface area contributed by atoms with Crippen LogP contribution in [0.25, 0.3) is 0 Å². The fraction of sp³-hybridized carbons (Fsp3) is 0.583. The minimum absolute atomic E-state index is 0.0820. The zero-order chi connectivity index (χ0) is 10.7. The molecule has 1 aliphatic rings. The van der Waals surface area contributed by atoms with Gasteiger partial charge in [0.25, 0.3) is 0 Å². The van der Waals surface area contributed by atoms with E-state index in [2.05, 4.69) is 0 Å². The summed E-state index contributed by atoms with van der Waals surface area (Å²) in [4.78, 5) is 11.7. The first-order valence-electron chi connectivity index (χ1n) is 5.47. The summed E-state index contributed by atoms with van der Waals surface area (Å²) in [6, 6.07) is 3.56. The molecule has 0 saturated carbocycles. The number of aryl methyl sites for hydroxylation is 1. The van der Waals surface area contributed by atoms with Crippen molar-refractivity contribution >= 4 is 5.78 Å². The van der Waals surface area contributed by atoms with Crippen molar-refractivity contribution in [1.29, 1.82) is 0 Å². The Bertz CT molecular complexity index is 334. The average molecular weight is 208 g/mol. The molecule has 0 N–H and O–H groups in total. The fourth-order valence-electron chi connectivity index (χ4n) is 1.87. The van der Waals surface area contributed by atoms with E-state index in [4.69, 9.17) is 9.15 Å². The molecule has 1 fully saturated rings. The summed E-state index contributed by atoms with van der Waals surface area (Å²) in [7, 11) is 0. The van der Waals surface area contributed by atoms with Gasteiger partial charge in [0.15, 0.2) is 11.5 Å². The first-order chi connectivity index (χ1) is 7.25. The largest absolute Gasteiger partial charge is 0.458 e. The average Bonchev–Trinajstić information content (AvgIpc) is 2.84. The van der Waals surface area contributed by atoms with Crippen molar-refractivity contribution in [3.05, 3.63) is 23.7 Å². The highest BCUT2D eigenvalue weighted by atomic mass is 16.5. The van der Waals surface area contributed by atoms with Gasteiger partial charge in [0, 0.05) is 13.0 Å². The molecule has 1 aromatic heterocycles. The van der Waals surface area contributed by atoms with Crippen LogP contribution in [0.1, 0.15) is 42.0 Å². The third-order valence-corrected chi connectivity index (χ3v) is 2.73. The second-order valence-electron chi connectivity index (χ2n) is 4.01. The number of ketones is 1. The van der Waals surface area contributed by atoms with Crippen LogP contribution in [0.2, 0.25) is 0 Å². The molecule has 1 aromatic rings. The van der Waals surface area contributed by atoms with E-state index in [1.54, 1.807) is 6.07 Å². The maximum atomic E-state index is 11.7. The number of rotatable bonds is 4. The number of carbonyl (C=O) groups is 1. The minimum Gasteiger partial charge on any atom is -0.458 e. The lowest BCUT2D eigenvalue weighted by Gasteiger charge is -2.06. The Labute approximate surface area is 89.4 Å². The maximum absolute atomic E-state index is 11.7. The van der Waals surface area contributed by atoms with Gasteiger partial charge < -0.3 is 9.15 Å². The number of furan rings is 1. The predicted octanol–water partition coefficient (Wildman–Crippen LogP) is 2.73. The van der Waals surface area contributed by atoms with Gasteiger partial charge in [-0.1, -0.05) is 0 Å². The molecule has 1 aliphatic heterocycles. The summed E-state index contributed by atoms with van der Waals surface area (Å²) in [6.07, 6.45) is 3.84. The highest BCUT2D eigenvalue weighted by molar-refractivity contribution is 5.93. The molecule has 0 bridgehead atoms. The molecule has 3 nitrogen and oxygen atoms in total. The number of ether oxygens (including phenoxy) is 1. The molecule has 1 unspecified atom stereocenters. The molecule has 0 amide bonds.